The maximum Gasteiger partial charge on any atom is 0.262 e. The summed E-state index contributed by atoms with van der Waals surface area (Å²) in [5.41, 5.74) is 1.26. The third kappa shape index (κ3) is 5.14. The van der Waals surface area contributed by atoms with E-state index in [1.165, 1.54) is 4.90 Å². The van der Waals surface area contributed by atoms with Crippen molar-refractivity contribution < 1.29 is 18.4 Å². The molecule has 0 radical (unpaired) electrons. The lowest BCUT2D eigenvalue weighted by atomic mass is 10.1. The van der Waals surface area contributed by atoms with Crippen LogP contribution in [-0.4, -0.2) is 49.3 Å². The smallest absolute Gasteiger partial charge is 0.262 e. The fraction of sp³-hybridized carbons (Fsp3) is 0.467. The van der Waals surface area contributed by atoms with Gasteiger partial charge in [-0.2, -0.15) is 0 Å². The Kier molecular flexibility index (Phi) is 6.47. The van der Waals surface area contributed by atoms with Crippen molar-refractivity contribution in [2.75, 3.05) is 20.6 Å². The first-order valence-corrected chi connectivity index (χ1v) is 6.98. The Balaban J connectivity index is 0.00000264. The molecule has 0 aromatic heterocycles. The number of alkyl halides is 2. The van der Waals surface area contributed by atoms with E-state index < -0.39 is 30.8 Å². The molecule has 0 aliphatic carbocycles. The minimum Gasteiger partial charge on any atom is -0.351 e. The molecule has 23 heavy (non-hydrogen) atoms. The van der Waals surface area contributed by atoms with E-state index >= 15 is 0 Å². The molecule has 1 aromatic carbocycles. The summed E-state index contributed by atoms with van der Waals surface area (Å²) in [7, 11) is 3.31. The van der Waals surface area contributed by atoms with Crippen LogP contribution in [0.25, 0.3) is 0 Å². The fourth-order valence-corrected chi connectivity index (χ4v) is 2.29. The normalized spacial score (nSPS) is 18.9. The zero-order valence-electron chi connectivity index (χ0n) is 12.9. The number of hydrogen-bond acceptors (Lipinski definition) is 3. The monoisotopic (exact) mass is 347 g/mol. The molecule has 0 saturated carbocycles. The molecule has 8 heteroatoms. The summed E-state index contributed by atoms with van der Waals surface area (Å²) in [6.45, 7) is -0.283. The van der Waals surface area contributed by atoms with Gasteiger partial charge in [-0.3, -0.25) is 14.9 Å². The maximum atomic E-state index is 13.1. The summed E-state index contributed by atoms with van der Waals surface area (Å²) in [5, 5.41) is 5.12. The topological polar surface area (TPSA) is 61.4 Å². The van der Waals surface area contributed by atoms with Gasteiger partial charge >= 0.3 is 0 Å². The second kappa shape index (κ2) is 7.70. The molecule has 2 rings (SSSR count). The van der Waals surface area contributed by atoms with E-state index in [-0.39, 0.29) is 24.9 Å². The zero-order valence-corrected chi connectivity index (χ0v) is 13.8. The number of carbonyl (C=O) groups excluding carboxylic acids is 2. The molecule has 1 unspecified atom stereocenters. The highest BCUT2D eigenvalue weighted by Crippen LogP contribution is 2.25. The molecule has 2 N–H and O–H groups in total. The number of carbonyl (C=O) groups is 2. The second-order valence-corrected chi connectivity index (χ2v) is 5.61. The van der Waals surface area contributed by atoms with Gasteiger partial charge in [0, 0.05) is 32.6 Å². The Bertz CT molecular complexity index is 582. The van der Waals surface area contributed by atoms with Gasteiger partial charge < -0.3 is 10.2 Å². The fourth-order valence-electron chi connectivity index (χ4n) is 2.29. The van der Waals surface area contributed by atoms with E-state index in [9.17, 15) is 18.4 Å². The van der Waals surface area contributed by atoms with Crippen molar-refractivity contribution in [3.05, 3.63) is 35.4 Å². The van der Waals surface area contributed by atoms with Crippen LogP contribution in [-0.2, 0) is 11.3 Å². The van der Waals surface area contributed by atoms with Gasteiger partial charge in [0.1, 0.15) is 0 Å². The van der Waals surface area contributed by atoms with Crippen molar-refractivity contribution in [2.24, 2.45) is 0 Å². The van der Waals surface area contributed by atoms with Gasteiger partial charge in [-0.05, 0) is 17.7 Å². The summed E-state index contributed by atoms with van der Waals surface area (Å²) in [6, 6.07) is 5.98. The SMILES string of the molecule is CN(C)C(=O)c1cccc(CNC(=O)C2CC(F)(F)CN2)c1.Cl. The number of amides is 2. The highest BCUT2D eigenvalue weighted by Gasteiger charge is 2.42. The minimum atomic E-state index is -2.83. The molecule has 5 nitrogen and oxygen atoms in total. The molecule has 1 saturated heterocycles. The molecule has 1 fully saturated rings. The van der Waals surface area contributed by atoms with Crippen LogP contribution in [0.5, 0.6) is 0 Å². The van der Waals surface area contributed by atoms with Gasteiger partial charge in [0.2, 0.25) is 5.91 Å². The Hall–Kier alpha value is -1.73. The highest BCUT2D eigenvalue weighted by atomic mass is 35.5. The Morgan fingerprint density at radius 2 is 2.09 bits per heavy atom. The molecule has 128 valence electrons. The summed E-state index contributed by atoms with van der Waals surface area (Å²) < 4.78 is 26.1. The highest BCUT2D eigenvalue weighted by molar-refractivity contribution is 5.94. The molecule has 0 spiro atoms. The Morgan fingerprint density at radius 1 is 1.39 bits per heavy atom. The first kappa shape index (κ1) is 19.3. The number of benzene rings is 1. The number of rotatable bonds is 4. The van der Waals surface area contributed by atoms with Crippen LogP contribution in [0.1, 0.15) is 22.3 Å². The number of halogens is 3. The Labute approximate surface area is 139 Å². The summed E-state index contributed by atoms with van der Waals surface area (Å²) >= 11 is 0. The maximum absolute atomic E-state index is 13.1. The van der Waals surface area contributed by atoms with Crippen LogP contribution in [0.2, 0.25) is 0 Å². The van der Waals surface area contributed by atoms with Crippen LogP contribution in [0.3, 0.4) is 0 Å². The molecule has 1 atom stereocenters. The number of nitrogens with zero attached hydrogens (tertiary/aromatic N) is 1. The molecular weight excluding hydrogens is 328 g/mol. The molecular formula is C15H20ClF2N3O2. The lowest BCUT2D eigenvalue weighted by Gasteiger charge is -2.13. The van der Waals surface area contributed by atoms with Gasteiger partial charge in [0.25, 0.3) is 11.8 Å². The first-order valence-electron chi connectivity index (χ1n) is 6.98. The Morgan fingerprint density at radius 3 is 2.65 bits per heavy atom. The van der Waals surface area contributed by atoms with Crippen molar-refractivity contribution in [3.8, 4) is 0 Å². The minimum absolute atomic E-state index is 0. The van der Waals surface area contributed by atoms with E-state index in [0.29, 0.717) is 5.56 Å². The van der Waals surface area contributed by atoms with Gasteiger partial charge in [-0.1, -0.05) is 12.1 Å². The van der Waals surface area contributed by atoms with E-state index in [2.05, 4.69) is 10.6 Å². The van der Waals surface area contributed by atoms with Crippen molar-refractivity contribution in [1.29, 1.82) is 0 Å². The lowest BCUT2D eigenvalue weighted by Crippen LogP contribution is -2.40. The number of hydrogen-bond donors (Lipinski definition) is 2. The number of nitrogens with one attached hydrogen (secondary N) is 2. The molecule has 1 heterocycles. The zero-order chi connectivity index (χ0) is 16.3. The molecule has 0 bridgehead atoms. The van der Waals surface area contributed by atoms with Crippen LogP contribution in [0.4, 0.5) is 8.78 Å². The predicted molar refractivity (Wildman–Crippen MR) is 84.9 cm³/mol. The van der Waals surface area contributed by atoms with Crippen molar-refractivity contribution in [2.45, 2.75) is 24.9 Å². The standard InChI is InChI=1S/C15H19F2N3O2.ClH/c1-20(2)14(22)11-5-3-4-10(6-11)8-18-13(21)12-7-15(16,17)9-19-12;/h3-6,12,19H,7-9H2,1-2H3,(H,18,21);1H. The molecule has 1 aliphatic rings. The van der Waals surface area contributed by atoms with Crippen molar-refractivity contribution in [3.63, 3.8) is 0 Å². The summed E-state index contributed by atoms with van der Waals surface area (Å²) in [4.78, 5) is 25.2. The third-order valence-corrected chi connectivity index (χ3v) is 3.47. The van der Waals surface area contributed by atoms with Crippen molar-refractivity contribution >= 4 is 24.2 Å². The second-order valence-electron chi connectivity index (χ2n) is 5.61. The van der Waals surface area contributed by atoms with Crippen LogP contribution in [0.15, 0.2) is 24.3 Å². The van der Waals surface area contributed by atoms with E-state index in [4.69, 9.17) is 0 Å². The van der Waals surface area contributed by atoms with Gasteiger partial charge in [0.15, 0.2) is 0 Å². The van der Waals surface area contributed by atoms with Gasteiger partial charge in [-0.15, -0.1) is 12.4 Å². The summed E-state index contributed by atoms with van der Waals surface area (Å²) in [5.74, 6) is -3.42. The van der Waals surface area contributed by atoms with Crippen LogP contribution < -0.4 is 10.6 Å². The lowest BCUT2D eigenvalue weighted by molar-refractivity contribution is -0.123. The molecule has 1 aliphatic heterocycles. The van der Waals surface area contributed by atoms with E-state index in [1.807, 2.05) is 0 Å². The van der Waals surface area contributed by atoms with E-state index in [0.717, 1.165) is 5.56 Å². The molecule has 1 aromatic rings. The largest absolute Gasteiger partial charge is 0.351 e. The third-order valence-electron chi connectivity index (χ3n) is 3.47. The van der Waals surface area contributed by atoms with E-state index in [1.54, 1.807) is 38.4 Å². The summed E-state index contributed by atoms with van der Waals surface area (Å²) in [6.07, 6.45) is -0.488. The first-order chi connectivity index (χ1) is 10.3. The molecule has 2 amide bonds. The average molecular weight is 348 g/mol. The predicted octanol–water partition coefficient (Wildman–Crippen LogP) is 1.42. The van der Waals surface area contributed by atoms with Crippen LogP contribution in [0, 0.1) is 0 Å². The quantitative estimate of drug-likeness (QED) is 0.866. The average Bonchev–Trinajstić information content (AvgIpc) is 2.84. The van der Waals surface area contributed by atoms with Gasteiger partial charge in [0.05, 0.1) is 12.6 Å². The van der Waals surface area contributed by atoms with Gasteiger partial charge in [-0.25, -0.2) is 8.78 Å². The van der Waals surface area contributed by atoms with Crippen LogP contribution >= 0.6 is 12.4 Å². The van der Waals surface area contributed by atoms with Crippen molar-refractivity contribution in [1.82, 2.24) is 15.5 Å².